The Morgan fingerprint density at radius 3 is 3.05 bits per heavy atom. The van der Waals surface area contributed by atoms with Gasteiger partial charge in [-0.25, -0.2) is 9.97 Å². The van der Waals surface area contributed by atoms with Crippen molar-refractivity contribution in [1.29, 1.82) is 0 Å². The molecule has 2 aromatic heterocycles. The summed E-state index contributed by atoms with van der Waals surface area (Å²) in [6.45, 7) is 1.55. The molecule has 4 nitrogen and oxygen atoms in total. The van der Waals surface area contributed by atoms with Gasteiger partial charge in [0, 0.05) is 6.54 Å². The highest BCUT2D eigenvalue weighted by molar-refractivity contribution is 7.16. The van der Waals surface area contributed by atoms with E-state index in [4.69, 9.17) is 4.74 Å². The van der Waals surface area contributed by atoms with Crippen molar-refractivity contribution < 1.29 is 4.74 Å². The van der Waals surface area contributed by atoms with Crippen LogP contribution in [0.4, 0.5) is 5.82 Å². The number of fused-ring (bicyclic) bond motifs is 1. The van der Waals surface area contributed by atoms with Gasteiger partial charge in [0.25, 0.3) is 0 Å². The van der Waals surface area contributed by atoms with E-state index in [1.54, 1.807) is 17.7 Å². The number of thiophene rings is 1. The Morgan fingerprint density at radius 1 is 1.26 bits per heavy atom. The quantitative estimate of drug-likeness (QED) is 0.850. The van der Waals surface area contributed by atoms with Crippen LogP contribution >= 0.6 is 11.3 Å². The number of ether oxygens (including phenoxy) is 1. The number of hydrogen-bond acceptors (Lipinski definition) is 5. The van der Waals surface area contributed by atoms with Gasteiger partial charge in [0.05, 0.1) is 18.1 Å². The van der Waals surface area contributed by atoms with Crippen molar-refractivity contribution in [2.24, 2.45) is 0 Å². The van der Waals surface area contributed by atoms with Crippen LogP contribution in [0.15, 0.2) is 17.8 Å². The minimum absolute atomic E-state index is 0.474. The highest BCUT2D eigenvalue weighted by Crippen LogP contribution is 2.23. The molecule has 0 bridgehead atoms. The SMILES string of the molecule is c1nc(NCCOC2CCCCC2)c2ccsc2n1. The molecule has 2 heterocycles. The Hall–Kier alpha value is -1.20. The van der Waals surface area contributed by atoms with Crippen molar-refractivity contribution in [3.05, 3.63) is 17.8 Å². The van der Waals surface area contributed by atoms with Gasteiger partial charge >= 0.3 is 0 Å². The first-order valence-corrected chi connectivity index (χ1v) is 7.85. The van der Waals surface area contributed by atoms with Gasteiger partial charge in [0.2, 0.25) is 0 Å². The summed E-state index contributed by atoms with van der Waals surface area (Å²) in [5, 5.41) is 6.49. The van der Waals surface area contributed by atoms with Gasteiger partial charge < -0.3 is 10.1 Å². The van der Waals surface area contributed by atoms with Crippen LogP contribution in [0.25, 0.3) is 10.2 Å². The Balaban J connectivity index is 1.48. The van der Waals surface area contributed by atoms with E-state index in [0.29, 0.717) is 6.10 Å². The molecular formula is C14H19N3OS. The second-order valence-electron chi connectivity index (χ2n) is 4.92. The van der Waals surface area contributed by atoms with Crippen molar-refractivity contribution in [2.75, 3.05) is 18.5 Å². The summed E-state index contributed by atoms with van der Waals surface area (Å²) in [4.78, 5) is 9.57. The highest BCUT2D eigenvalue weighted by Gasteiger charge is 2.13. The van der Waals surface area contributed by atoms with Gasteiger partial charge in [0.15, 0.2) is 0 Å². The minimum atomic E-state index is 0.474. The summed E-state index contributed by atoms with van der Waals surface area (Å²) >= 11 is 1.64. The standard InChI is InChI=1S/C14H19N3OS/c1-2-4-11(5-3-1)18-8-7-15-13-12-6-9-19-14(12)17-10-16-13/h6,9-11H,1-5,7-8H2,(H,15,16,17). The molecule has 19 heavy (non-hydrogen) atoms. The van der Waals surface area contributed by atoms with Crippen LogP contribution in [0.2, 0.25) is 0 Å². The molecule has 0 amide bonds. The molecular weight excluding hydrogens is 258 g/mol. The van der Waals surface area contributed by atoms with Gasteiger partial charge in [-0.05, 0) is 24.3 Å². The number of anilines is 1. The lowest BCUT2D eigenvalue weighted by atomic mass is 9.98. The maximum Gasteiger partial charge on any atom is 0.138 e. The third-order valence-electron chi connectivity index (χ3n) is 3.56. The lowest BCUT2D eigenvalue weighted by Crippen LogP contribution is -2.20. The van der Waals surface area contributed by atoms with E-state index in [9.17, 15) is 0 Å². The second kappa shape index (κ2) is 6.30. The molecule has 0 spiro atoms. The van der Waals surface area contributed by atoms with Crippen molar-refractivity contribution in [2.45, 2.75) is 38.2 Å². The lowest BCUT2D eigenvalue weighted by molar-refractivity contribution is 0.0347. The smallest absolute Gasteiger partial charge is 0.138 e. The summed E-state index contributed by atoms with van der Waals surface area (Å²) < 4.78 is 5.89. The first kappa shape index (κ1) is 12.8. The largest absolute Gasteiger partial charge is 0.376 e. The summed E-state index contributed by atoms with van der Waals surface area (Å²) in [5.74, 6) is 0.915. The number of nitrogens with one attached hydrogen (secondary N) is 1. The topological polar surface area (TPSA) is 47.0 Å². The van der Waals surface area contributed by atoms with Crippen LogP contribution < -0.4 is 5.32 Å². The van der Waals surface area contributed by atoms with E-state index in [-0.39, 0.29) is 0 Å². The molecule has 0 saturated heterocycles. The van der Waals surface area contributed by atoms with E-state index in [0.717, 1.165) is 29.2 Å². The fraction of sp³-hybridized carbons (Fsp3) is 0.571. The van der Waals surface area contributed by atoms with E-state index < -0.39 is 0 Å². The molecule has 0 aliphatic heterocycles. The Bertz CT molecular complexity index is 522. The molecule has 102 valence electrons. The Morgan fingerprint density at radius 2 is 2.16 bits per heavy atom. The molecule has 1 aliphatic rings. The van der Waals surface area contributed by atoms with Crippen molar-refractivity contribution in [1.82, 2.24) is 9.97 Å². The molecule has 1 N–H and O–H groups in total. The van der Waals surface area contributed by atoms with Gasteiger partial charge in [-0.1, -0.05) is 19.3 Å². The zero-order valence-electron chi connectivity index (χ0n) is 11.0. The third-order valence-corrected chi connectivity index (χ3v) is 4.38. The first-order valence-electron chi connectivity index (χ1n) is 6.97. The molecule has 1 fully saturated rings. The number of hydrogen-bond donors (Lipinski definition) is 1. The molecule has 0 aromatic carbocycles. The highest BCUT2D eigenvalue weighted by atomic mass is 32.1. The van der Waals surface area contributed by atoms with E-state index in [1.165, 1.54) is 32.1 Å². The summed E-state index contributed by atoms with van der Waals surface area (Å²) in [6.07, 6.45) is 8.55. The van der Waals surface area contributed by atoms with Crippen LogP contribution in [-0.2, 0) is 4.74 Å². The number of rotatable bonds is 5. The van der Waals surface area contributed by atoms with Crippen molar-refractivity contribution in [3.8, 4) is 0 Å². The molecule has 0 unspecified atom stereocenters. The average molecular weight is 277 g/mol. The number of aromatic nitrogens is 2. The van der Waals surface area contributed by atoms with E-state index in [2.05, 4.69) is 21.4 Å². The van der Waals surface area contributed by atoms with Gasteiger partial charge in [-0.15, -0.1) is 11.3 Å². The van der Waals surface area contributed by atoms with Crippen LogP contribution in [0, 0.1) is 0 Å². The molecule has 5 heteroatoms. The van der Waals surface area contributed by atoms with Crippen molar-refractivity contribution >= 4 is 27.4 Å². The fourth-order valence-corrected chi connectivity index (χ4v) is 3.29. The average Bonchev–Trinajstić information content (AvgIpc) is 2.94. The zero-order valence-corrected chi connectivity index (χ0v) is 11.8. The molecule has 1 aliphatic carbocycles. The Labute approximate surface area is 117 Å². The second-order valence-corrected chi connectivity index (χ2v) is 5.81. The van der Waals surface area contributed by atoms with Crippen LogP contribution in [0.3, 0.4) is 0 Å². The van der Waals surface area contributed by atoms with Gasteiger partial charge in [-0.2, -0.15) is 0 Å². The third kappa shape index (κ3) is 3.22. The molecule has 3 rings (SSSR count). The molecule has 0 atom stereocenters. The van der Waals surface area contributed by atoms with Crippen LogP contribution in [0.1, 0.15) is 32.1 Å². The lowest BCUT2D eigenvalue weighted by Gasteiger charge is -2.22. The van der Waals surface area contributed by atoms with Gasteiger partial charge in [-0.3, -0.25) is 0 Å². The van der Waals surface area contributed by atoms with Crippen molar-refractivity contribution in [3.63, 3.8) is 0 Å². The normalized spacial score (nSPS) is 16.8. The summed E-state index contributed by atoms with van der Waals surface area (Å²) in [7, 11) is 0. The molecule has 1 saturated carbocycles. The predicted molar refractivity (Wildman–Crippen MR) is 78.7 cm³/mol. The number of nitrogens with zero attached hydrogens (tertiary/aromatic N) is 2. The first-order chi connectivity index (χ1) is 9.43. The monoisotopic (exact) mass is 277 g/mol. The maximum absolute atomic E-state index is 5.89. The summed E-state index contributed by atoms with van der Waals surface area (Å²) in [6, 6.07) is 2.06. The summed E-state index contributed by atoms with van der Waals surface area (Å²) in [5.41, 5.74) is 0. The van der Waals surface area contributed by atoms with E-state index >= 15 is 0 Å². The van der Waals surface area contributed by atoms with Crippen LogP contribution in [0.5, 0.6) is 0 Å². The van der Waals surface area contributed by atoms with E-state index in [1.807, 2.05) is 5.38 Å². The maximum atomic E-state index is 5.89. The van der Waals surface area contributed by atoms with Crippen LogP contribution in [-0.4, -0.2) is 29.2 Å². The Kier molecular flexibility index (Phi) is 4.25. The molecule has 0 radical (unpaired) electrons. The molecule has 2 aromatic rings. The zero-order chi connectivity index (χ0) is 12.9. The van der Waals surface area contributed by atoms with Gasteiger partial charge in [0.1, 0.15) is 17.0 Å². The predicted octanol–water partition coefficient (Wildman–Crippen LogP) is 3.45. The minimum Gasteiger partial charge on any atom is -0.376 e. The fourth-order valence-electron chi connectivity index (χ4n) is 2.56.